The SMILES string of the molecule is C/C(=N\OC[C@](O)(c1ccccc1)C(F)(F)F)c1cccs1. The Morgan fingerprint density at radius 3 is 2.41 bits per heavy atom. The fourth-order valence-electron chi connectivity index (χ4n) is 1.79. The van der Waals surface area contributed by atoms with Crippen molar-refractivity contribution < 1.29 is 23.1 Å². The van der Waals surface area contributed by atoms with Crippen molar-refractivity contribution in [2.75, 3.05) is 6.61 Å². The van der Waals surface area contributed by atoms with Crippen molar-refractivity contribution in [3.63, 3.8) is 0 Å². The summed E-state index contributed by atoms with van der Waals surface area (Å²) in [4.78, 5) is 5.58. The van der Waals surface area contributed by atoms with Crippen LogP contribution in [0.3, 0.4) is 0 Å². The van der Waals surface area contributed by atoms with Gasteiger partial charge < -0.3 is 9.94 Å². The van der Waals surface area contributed by atoms with E-state index >= 15 is 0 Å². The molecule has 0 amide bonds. The average molecular weight is 329 g/mol. The molecule has 0 spiro atoms. The second kappa shape index (κ2) is 6.50. The monoisotopic (exact) mass is 329 g/mol. The maximum Gasteiger partial charge on any atom is 0.424 e. The zero-order chi connectivity index (χ0) is 16.2. The number of hydrogen-bond donors (Lipinski definition) is 1. The van der Waals surface area contributed by atoms with E-state index in [1.165, 1.54) is 35.6 Å². The normalized spacial score (nSPS) is 15.4. The van der Waals surface area contributed by atoms with Crippen LogP contribution in [0.1, 0.15) is 17.4 Å². The minimum Gasteiger partial charge on any atom is -0.392 e. The summed E-state index contributed by atoms with van der Waals surface area (Å²) in [6, 6.07) is 10.4. The van der Waals surface area contributed by atoms with Crippen molar-refractivity contribution in [1.82, 2.24) is 0 Å². The third-order valence-electron chi connectivity index (χ3n) is 3.07. The van der Waals surface area contributed by atoms with Gasteiger partial charge >= 0.3 is 6.18 Å². The van der Waals surface area contributed by atoms with Gasteiger partial charge in [0.2, 0.25) is 5.60 Å². The molecule has 22 heavy (non-hydrogen) atoms. The van der Waals surface area contributed by atoms with Gasteiger partial charge in [0.1, 0.15) is 0 Å². The molecule has 1 atom stereocenters. The number of rotatable bonds is 5. The van der Waals surface area contributed by atoms with Crippen molar-refractivity contribution in [1.29, 1.82) is 0 Å². The van der Waals surface area contributed by atoms with Crippen LogP contribution in [0, 0.1) is 0 Å². The highest BCUT2D eigenvalue weighted by Crippen LogP contribution is 2.39. The lowest BCUT2D eigenvalue weighted by molar-refractivity contribution is -0.282. The van der Waals surface area contributed by atoms with Crippen molar-refractivity contribution in [3.05, 3.63) is 58.3 Å². The molecule has 1 aromatic carbocycles. The Labute approximate surface area is 129 Å². The molecule has 7 heteroatoms. The molecular formula is C15H14F3NO2S. The fraction of sp³-hybridized carbons (Fsp3) is 0.267. The number of hydrogen-bond acceptors (Lipinski definition) is 4. The van der Waals surface area contributed by atoms with E-state index in [9.17, 15) is 18.3 Å². The van der Waals surface area contributed by atoms with Crippen LogP contribution in [0.4, 0.5) is 13.2 Å². The van der Waals surface area contributed by atoms with Crippen LogP contribution in [0.5, 0.6) is 0 Å². The highest BCUT2D eigenvalue weighted by atomic mass is 32.1. The van der Waals surface area contributed by atoms with Gasteiger partial charge in [-0.1, -0.05) is 41.6 Å². The van der Waals surface area contributed by atoms with Crippen molar-refractivity contribution >= 4 is 17.0 Å². The number of oxime groups is 1. The minimum absolute atomic E-state index is 0.286. The zero-order valence-corrected chi connectivity index (χ0v) is 12.5. The first-order chi connectivity index (χ1) is 10.3. The number of benzene rings is 1. The van der Waals surface area contributed by atoms with Gasteiger partial charge in [0.05, 0.1) is 10.6 Å². The summed E-state index contributed by atoms with van der Waals surface area (Å²) in [6.07, 6.45) is -4.87. The first-order valence-corrected chi connectivity index (χ1v) is 7.27. The Bertz CT molecular complexity index is 626. The van der Waals surface area contributed by atoms with Gasteiger partial charge in [-0.05, 0) is 23.9 Å². The molecule has 118 valence electrons. The van der Waals surface area contributed by atoms with Gasteiger partial charge in [-0.15, -0.1) is 11.3 Å². The van der Waals surface area contributed by atoms with E-state index in [1.807, 2.05) is 5.38 Å². The standard InChI is InChI=1S/C15H14F3NO2S/c1-11(13-8-5-9-22-13)19-21-10-14(20,15(16,17)18)12-6-3-2-4-7-12/h2-9,20H,10H2,1H3/b19-11+/t14-/m0/s1. The second-order valence-corrected chi connectivity index (χ2v) is 5.60. The highest BCUT2D eigenvalue weighted by Gasteiger charge is 2.56. The Morgan fingerprint density at radius 1 is 1.18 bits per heavy atom. The molecule has 0 bridgehead atoms. The lowest BCUT2D eigenvalue weighted by Gasteiger charge is -2.29. The Kier molecular flexibility index (Phi) is 4.87. The maximum absolute atomic E-state index is 13.2. The van der Waals surface area contributed by atoms with E-state index in [-0.39, 0.29) is 5.56 Å². The number of thiophene rings is 1. The molecular weight excluding hydrogens is 315 g/mol. The minimum atomic E-state index is -4.87. The largest absolute Gasteiger partial charge is 0.424 e. The van der Waals surface area contributed by atoms with Crippen LogP contribution in [0.25, 0.3) is 0 Å². The van der Waals surface area contributed by atoms with Gasteiger partial charge in [0.15, 0.2) is 6.61 Å². The van der Waals surface area contributed by atoms with E-state index in [0.717, 1.165) is 4.88 Å². The molecule has 0 aliphatic heterocycles. The van der Waals surface area contributed by atoms with Crippen molar-refractivity contribution in [2.24, 2.45) is 5.16 Å². The summed E-state index contributed by atoms with van der Waals surface area (Å²) >= 11 is 1.40. The smallest absolute Gasteiger partial charge is 0.392 e. The summed E-state index contributed by atoms with van der Waals surface area (Å²) in [5, 5.41) is 15.5. The van der Waals surface area contributed by atoms with Gasteiger partial charge in [-0.2, -0.15) is 13.2 Å². The molecule has 0 aliphatic carbocycles. The molecule has 0 fully saturated rings. The summed E-state index contributed by atoms with van der Waals surface area (Å²) in [7, 11) is 0. The van der Waals surface area contributed by atoms with E-state index in [4.69, 9.17) is 4.84 Å². The van der Waals surface area contributed by atoms with Crippen LogP contribution in [-0.4, -0.2) is 23.6 Å². The van der Waals surface area contributed by atoms with Crippen LogP contribution < -0.4 is 0 Å². The van der Waals surface area contributed by atoms with Crippen LogP contribution >= 0.6 is 11.3 Å². The summed E-state index contributed by atoms with van der Waals surface area (Å²) < 4.78 is 39.6. The third-order valence-corrected chi connectivity index (χ3v) is 4.05. The van der Waals surface area contributed by atoms with Crippen LogP contribution in [0.15, 0.2) is 53.0 Å². The molecule has 2 aromatic rings. The van der Waals surface area contributed by atoms with E-state index in [2.05, 4.69) is 5.16 Å². The summed E-state index contributed by atoms with van der Waals surface area (Å²) in [5.41, 5.74) is -2.94. The first kappa shape index (κ1) is 16.5. The molecule has 0 radical (unpaired) electrons. The molecule has 2 rings (SSSR count). The van der Waals surface area contributed by atoms with Gasteiger partial charge in [0.25, 0.3) is 0 Å². The van der Waals surface area contributed by atoms with E-state index < -0.39 is 18.4 Å². The van der Waals surface area contributed by atoms with E-state index in [1.54, 1.807) is 25.1 Å². The molecule has 0 saturated heterocycles. The fourth-order valence-corrected chi connectivity index (χ4v) is 2.46. The Hall–Kier alpha value is -1.86. The lowest BCUT2D eigenvalue weighted by Crippen LogP contribution is -2.46. The summed E-state index contributed by atoms with van der Waals surface area (Å²) in [5.74, 6) is 0. The number of alkyl halides is 3. The third kappa shape index (κ3) is 3.48. The van der Waals surface area contributed by atoms with Crippen molar-refractivity contribution in [3.8, 4) is 0 Å². The van der Waals surface area contributed by atoms with Gasteiger partial charge in [-0.3, -0.25) is 0 Å². The Morgan fingerprint density at radius 2 is 1.86 bits per heavy atom. The quantitative estimate of drug-likeness (QED) is 0.667. The zero-order valence-electron chi connectivity index (χ0n) is 11.7. The molecule has 0 aliphatic rings. The second-order valence-electron chi connectivity index (χ2n) is 4.65. The van der Waals surface area contributed by atoms with Gasteiger partial charge in [-0.25, -0.2) is 0 Å². The van der Waals surface area contributed by atoms with Crippen LogP contribution in [0.2, 0.25) is 0 Å². The maximum atomic E-state index is 13.2. The molecule has 0 unspecified atom stereocenters. The molecule has 0 saturated carbocycles. The molecule has 1 aromatic heterocycles. The number of aliphatic hydroxyl groups is 1. The van der Waals surface area contributed by atoms with Gasteiger partial charge in [0, 0.05) is 0 Å². The molecule has 3 nitrogen and oxygen atoms in total. The average Bonchev–Trinajstić information content (AvgIpc) is 3.01. The summed E-state index contributed by atoms with van der Waals surface area (Å²) in [6.45, 7) is 0.615. The Balaban J connectivity index is 2.17. The van der Waals surface area contributed by atoms with Crippen molar-refractivity contribution in [2.45, 2.75) is 18.7 Å². The number of halogens is 3. The topological polar surface area (TPSA) is 41.8 Å². The van der Waals surface area contributed by atoms with Crippen LogP contribution in [-0.2, 0) is 10.4 Å². The highest BCUT2D eigenvalue weighted by molar-refractivity contribution is 7.12. The number of nitrogens with zero attached hydrogens (tertiary/aromatic N) is 1. The first-order valence-electron chi connectivity index (χ1n) is 6.39. The predicted octanol–water partition coefficient (Wildman–Crippen LogP) is 3.94. The van der Waals surface area contributed by atoms with E-state index in [0.29, 0.717) is 5.71 Å². The molecule has 1 heterocycles. The lowest BCUT2D eigenvalue weighted by atomic mass is 9.94. The predicted molar refractivity (Wildman–Crippen MR) is 78.9 cm³/mol. The molecule has 1 N–H and O–H groups in total.